The van der Waals surface area contributed by atoms with Gasteiger partial charge in [-0.1, -0.05) is 42.5 Å². The lowest BCUT2D eigenvalue weighted by Crippen LogP contribution is -2.29. The molecule has 0 spiro atoms. The molecule has 0 saturated carbocycles. The Balaban J connectivity index is 1.92. The fourth-order valence-electron chi connectivity index (χ4n) is 3.01. The minimum Gasteiger partial charge on any atom is -0.493 e. The quantitative estimate of drug-likeness (QED) is 0.523. The van der Waals surface area contributed by atoms with Gasteiger partial charge in [0.15, 0.2) is 23.2 Å². The van der Waals surface area contributed by atoms with Crippen LogP contribution < -0.4 is 14.8 Å². The minimum atomic E-state index is -1.53. The number of nitrogens with zero attached hydrogens (tertiary/aromatic N) is 1. The fourth-order valence-corrected chi connectivity index (χ4v) is 3.01. The number of benzene rings is 3. The average Bonchev–Trinajstić information content (AvgIpc) is 2.73. The van der Waals surface area contributed by atoms with Crippen LogP contribution in [0.4, 0.5) is 5.69 Å². The van der Waals surface area contributed by atoms with Crippen LogP contribution in [0.25, 0.3) is 10.8 Å². The number of anilines is 1. The van der Waals surface area contributed by atoms with Gasteiger partial charge in [0.1, 0.15) is 0 Å². The molecule has 28 heavy (non-hydrogen) atoms. The zero-order chi connectivity index (χ0) is 20.1. The van der Waals surface area contributed by atoms with Crippen molar-refractivity contribution in [2.24, 2.45) is 5.92 Å². The number of ketones is 1. The summed E-state index contributed by atoms with van der Waals surface area (Å²) in [4.78, 5) is 25.6. The molecule has 3 aromatic carbocycles. The molecule has 1 N–H and O–H groups in total. The number of carbonyl (C=O) groups is 2. The summed E-state index contributed by atoms with van der Waals surface area (Å²) in [6, 6.07) is 19.5. The van der Waals surface area contributed by atoms with Crippen LogP contribution in [0, 0.1) is 17.2 Å². The van der Waals surface area contributed by atoms with Crippen LogP contribution in [-0.4, -0.2) is 25.9 Å². The Morgan fingerprint density at radius 3 is 2.39 bits per heavy atom. The maximum atomic E-state index is 12.9. The van der Waals surface area contributed by atoms with Gasteiger partial charge in [-0.25, -0.2) is 0 Å². The number of rotatable bonds is 6. The first kappa shape index (κ1) is 18.9. The van der Waals surface area contributed by atoms with Gasteiger partial charge in [-0.3, -0.25) is 9.59 Å². The van der Waals surface area contributed by atoms with E-state index < -0.39 is 17.6 Å². The van der Waals surface area contributed by atoms with Gasteiger partial charge >= 0.3 is 0 Å². The van der Waals surface area contributed by atoms with Gasteiger partial charge in [0.05, 0.1) is 25.9 Å². The molecule has 3 aromatic rings. The number of hydrogen-bond donors (Lipinski definition) is 1. The van der Waals surface area contributed by atoms with Gasteiger partial charge in [0, 0.05) is 11.1 Å². The van der Waals surface area contributed by atoms with Crippen molar-refractivity contribution in [3.8, 4) is 17.6 Å². The van der Waals surface area contributed by atoms with Crippen LogP contribution in [0.2, 0.25) is 0 Å². The molecule has 0 aromatic heterocycles. The molecule has 1 atom stereocenters. The number of hydrogen-bond acceptors (Lipinski definition) is 5. The van der Waals surface area contributed by atoms with Crippen LogP contribution in [-0.2, 0) is 4.79 Å². The first-order chi connectivity index (χ1) is 13.6. The smallest absolute Gasteiger partial charge is 0.249 e. The monoisotopic (exact) mass is 374 g/mol. The lowest BCUT2D eigenvalue weighted by atomic mass is 9.96. The van der Waals surface area contributed by atoms with E-state index in [1.807, 2.05) is 30.3 Å². The third-order valence-corrected chi connectivity index (χ3v) is 4.37. The Labute approximate surface area is 162 Å². The van der Waals surface area contributed by atoms with E-state index in [1.165, 1.54) is 20.3 Å². The summed E-state index contributed by atoms with van der Waals surface area (Å²) in [7, 11) is 2.84. The highest BCUT2D eigenvalue weighted by Gasteiger charge is 2.31. The van der Waals surface area contributed by atoms with Crippen molar-refractivity contribution in [1.82, 2.24) is 0 Å². The van der Waals surface area contributed by atoms with E-state index in [-0.39, 0.29) is 11.3 Å². The Kier molecular flexibility index (Phi) is 5.56. The second kappa shape index (κ2) is 8.23. The molecule has 0 fully saturated rings. The molecular formula is C22H18N2O4. The van der Waals surface area contributed by atoms with Crippen molar-refractivity contribution >= 4 is 28.2 Å². The van der Waals surface area contributed by atoms with Gasteiger partial charge < -0.3 is 14.8 Å². The molecule has 6 heteroatoms. The van der Waals surface area contributed by atoms with Crippen LogP contribution in [0.3, 0.4) is 0 Å². The lowest BCUT2D eigenvalue weighted by Gasteiger charge is -2.15. The van der Waals surface area contributed by atoms with Gasteiger partial charge in [-0.2, -0.15) is 5.26 Å². The van der Waals surface area contributed by atoms with Crippen molar-refractivity contribution in [3.63, 3.8) is 0 Å². The van der Waals surface area contributed by atoms with Gasteiger partial charge in [-0.05, 0) is 23.6 Å². The maximum absolute atomic E-state index is 12.9. The molecule has 0 radical (unpaired) electrons. The third kappa shape index (κ3) is 3.51. The second-order valence-corrected chi connectivity index (χ2v) is 5.98. The number of nitrogens with one attached hydrogen (secondary N) is 1. The molecule has 0 aliphatic rings. The first-order valence-electron chi connectivity index (χ1n) is 8.54. The summed E-state index contributed by atoms with van der Waals surface area (Å²) in [5, 5.41) is 14.0. The molecule has 140 valence electrons. The van der Waals surface area contributed by atoms with Crippen LogP contribution in [0.15, 0.2) is 60.7 Å². The van der Waals surface area contributed by atoms with Crippen molar-refractivity contribution in [2.75, 3.05) is 19.5 Å². The molecule has 0 saturated heterocycles. The lowest BCUT2D eigenvalue weighted by molar-refractivity contribution is -0.117. The molecule has 0 heterocycles. The van der Waals surface area contributed by atoms with E-state index in [0.717, 1.165) is 10.8 Å². The highest BCUT2D eigenvalue weighted by atomic mass is 16.5. The summed E-state index contributed by atoms with van der Waals surface area (Å²) >= 11 is 0. The zero-order valence-electron chi connectivity index (χ0n) is 15.4. The number of Topliss-reactive ketones (excluding diaryl/α,β-unsaturated/α-hetero) is 1. The largest absolute Gasteiger partial charge is 0.493 e. The Morgan fingerprint density at radius 1 is 0.964 bits per heavy atom. The Morgan fingerprint density at radius 2 is 1.68 bits per heavy atom. The number of nitriles is 1. The third-order valence-electron chi connectivity index (χ3n) is 4.37. The van der Waals surface area contributed by atoms with E-state index in [2.05, 4.69) is 5.32 Å². The van der Waals surface area contributed by atoms with Crippen molar-refractivity contribution in [1.29, 1.82) is 5.26 Å². The molecule has 1 amide bonds. The Hall–Kier alpha value is -3.85. The number of methoxy groups -OCH3 is 2. The van der Waals surface area contributed by atoms with Crippen molar-refractivity contribution < 1.29 is 19.1 Å². The average molecular weight is 374 g/mol. The topological polar surface area (TPSA) is 88.4 Å². The number of fused-ring (bicyclic) bond motifs is 1. The molecule has 6 nitrogen and oxygen atoms in total. The molecule has 0 aliphatic carbocycles. The highest BCUT2D eigenvalue weighted by molar-refractivity contribution is 6.18. The zero-order valence-corrected chi connectivity index (χ0v) is 15.4. The first-order valence-corrected chi connectivity index (χ1v) is 8.54. The highest BCUT2D eigenvalue weighted by Crippen LogP contribution is 2.32. The van der Waals surface area contributed by atoms with Gasteiger partial charge in [0.25, 0.3) is 0 Å². The summed E-state index contributed by atoms with van der Waals surface area (Å²) in [5.41, 5.74) is 0.648. The van der Waals surface area contributed by atoms with Gasteiger partial charge in [-0.15, -0.1) is 0 Å². The minimum absolute atomic E-state index is 0.112. The van der Waals surface area contributed by atoms with Gasteiger partial charge in [0.2, 0.25) is 5.91 Å². The van der Waals surface area contributed by atoms with Crippen molar-refractivity contribution in [3.05, 3.63) is 66.2 Å². The summed E-state index contributed by atoms with van der Waals surface area (Å²) in [5.74, 6) is -2.35. The van der Waals surface area contributed by atoms with Crippen LogP contribution >= 0.6 is 0 Å². The number of ether oxygens (including phenoxy) is 2. The summed E-state index contributed by atoms with van der Waals surface area (Å²) < 4.78 is 10.4. The van der Waals surface area contributed by atoms with E-state index in [4.69, 9.17) is 9.47 Å². The van der Waals surface area contributed by atoms with Crippen LogP contribution in [0.1, 0.15) is 10.4 Å². The van der Waals surface area contributed by atoms with Crippen molar-refractivity contribution in [2.45, 2.75) is 0 Å². The maximum Gasteiger partial charge on any atom is 0.249 e. The molecule has 3 rings (SSSR count). The summed E-state index contributed by atoms with van der Waals surface area (Å²) in [6.07, 6.45) is 0. The van der Waals surface area contributed by atoms with E-state index in [0.29, 0.717) is 11.4 Å². The second-order valence-electron chi connectivity index (χ2n) is 5.98. The number of para-hydroxylation sites is 1. The Bertz CT molecular complexity index is 1080. The predicted molar refractivity (Wildman–Crippen MR) is 106 cm³/mol. The number of amides is 1. The van der Waals surface area contributed by atoms with E-state index in [1.54, 1.807) is 30.3 Å². The SMILES string of the molecule is COc1cccc(C(=O)C(C#N)C(=O)Nc2cccc3ccccc23)c1OC. The summed E-state index contributed by atoms with van der Waals surface area (Å²) in [6.45, 7) is 0. The van der Waals surface area contributed by atoms with Crippen LogP contribution in [0.5, 0.6) is 11.5 Å². The molecule has 0 aliphatic heterocycles. The fraction of sp³-hybridized carbons (Fsp3) is 0.136. The predicted octanol–water partition coefficient (Wildman–Crippen LogP) is 3.82. The molecular weight excluding hydrogens is 356 g/mol. The van der Waals surface area contributed by atoms with E-state index >= 15 is 0 Å². The normalized spacial score (nSPS) is 11.3. The standard InChI is InChI=1S/C22H18N2O4/c1-27-19-12-6-10-16(21(19)28-2)20(25)17(13-23)22(26)24-18-11-5-8-14-7-3-4-9-15(14)18/h3-12,17H,1-2H3,(H,24,26). The molecule has 1 unspecified atom stereocenters. The molecule has 0 bridgehead atoms. The number of carbonyl (C=O) groups excluding carboxylic acids is 2. The van der Waals surface area contributed by atoms with E-state index in [9.17, 15) is 14.9 Å².